The average molecular weight is 338 g/mol. The number of hydrogen-bond donors (Lipinski definition) is 0. The van der Waals surface area contributed by atoms with Crippen LogP contribution in [-0.4, -0.2) is 5.78 Å². The van der Waals surface area contributed by atoms with E-state index in [1.807, 2.05) is 12.1 Å². The fraction of sp³-hybridized carbons (Fsp3) is 0.409. The molecule has 0 amide bonds. The summed E-state index contributed by atoms with van der Waals surface area (Å²) in [4.78, 5) is 11.6. The topological polar surface area (TPSA) is 26.3 Å². The molecular formula is C22H23FO2. The molecule has 2 bridgehead atoms. The lowest BCUT2D eigenvalue weighted by molar-refractivity contribution is 0.0987. The molecule has 0 spiro atoms. The summed E-state index contributed by atoms with van der Waals surface area (Å²) < 4.78 is 19.9. The molecule has 2 aromatic carbocycles. The van der Waals surface area contributed by atoms with Crippen LogP contribution < -0.4 is 4.74 Å². The second-order valence-corrected chi connectivity index (χ2v) is 7.37. The van der Waals surface area contributed by atoms with Crippen molar-refractivity contribution in [3.05, 3.63) is 59.4 Å². The minimum Gasteiger partial charge on any atom is -0.454 e. The molecule has 2 fully saturated rings. The maximum Gasteiger partial charge on any atom is 0.166 e. The summed E-state index contributed by atoms with van der Waals surface area (Å²) in [6, 6.07) is 12.5. The maximum absolute atomic E-state index is 14.2. The molecule has 2 saturated carbocycles. The molecule has 130 valence electrons. The highest BCUT2D eigenvalue weighted by Gasteiger charge is 2.39. The SMILES string of the molecule is CCC(=O)c1ccc(Oc2ccc(C3CC4CCC3C4)cc2)c(F)c1. The summed E-state index contributed by atoms with van der Waals surface area (Å²) >= 11 is 0. The Labute approximate surface area is 148 Å². The van der Waals surface area contributed by atoms with Crippen LogP contribution in [0.5, 0.6) is 11.5 Å². The molecule has 2 aliphatic rings. The highest BCUT2D eigenvalue weighted by Crippen LogP contribution is 2.52. The molecule has 0 aromatic heterocycles. The number of hydrogen-bond acceptors (Lipinski definition) is 2. The zero-order chi connectivity index (χ0) is 17.4. The molecule has 0 saturated heterocycles. The first-order valence-electron chi connectivity index (χ1n) is 9.24. The first-order chi connectivity index (χ1) is 12.1. The number of benzene rings is 2. The van der Waals surface area contributed by atoms with E-state index in [-0.39, 0.29) is 11.5 Å². The molecule has 4 rings (SSSR count). The van der Waals surface area contributed by atoms with E-state index < -0.39 is 5.82 Å². The summed E-state index contributed by atoms with van der Waals surface area (Å²) in [5, 5.41) is 0. The van der Waals surface area contributed by atoms with Crippen molar-refractivity contribution in [2.45, 2.75) is 44.9 Å². The lowest BCUT2D eigenvalue weighted by Gasteiger charge is -2.22. The van der Waals surface area contributed by atoms with Crippen LogP contribution in [0.4, 0.5) is 4.39 Å². The Kier molecular flexibility index (Phi) is 4.32. The summed E-state index contributed by atoms with van der Waals surface area (Å²) in [6.45, 7) is 1.77. The van der Waals surface area contributed by atoms with E-state index in [0.29, 0.717) is 23.7 Å². The van der Waals surface area contributed by atoms with Gasteiger partial charge >= 0.3 is 0 Å². The zero-order valence-corrected chi connectivity index (χ0v) is 14.5. The minimum absolute atomic E-state index is 0.0688. The molecule has 0 radical (unpaired) electrons. The van der Waals surface area contributed by atoms with Crippen molar-refractivity contribution in [1.82, 2.24) is 0 Å². The van der Waals surface area contributed by atoms with Gasteiger partial charge in [0.1, 0.15) is 5.75 Å². The quantitative estimate of drug-likeness (QED) is 0.614. The molecule has 25 heavy (non-hydrogen) atoms. The predicted octanol–water partition coefficient (Wildman–Crippen LogP) is 6.11. The highest BCUT2D eigenvalue weighted by molar-refractivity contribution is 5.95. The molecule has 0 aliphatic heterocycles. The normalized spacial score (nSPS) is 24.5. The molecule has 2 nitrogen and oxygen atoms in total. The second-order valence-electron chi connectivity index (χ2n) is 7.37. The van der Waals surface area contributed by atoms with E-state index >= 15 is 0 Å². The molecule has 0 N–H and O–H groups in total. The van der Waals surface area contributed by atoms with E-state index in [2.05, 4.69) is 12.1 Å². The van der Waals surface area contributed by atoms with Crippen molar-refractivity contribution in [3.8, 4) is 11.5 Å². The van der Waals surface area contributed by atoms with Crippen molar-refractivity contribution in [3.63, 3.8) is 0 Å². The van der Waals surface area contributed by atoms with Gasteiger partial charge in [-0.2, -0.15) is 0 Å². The fourth-order valence-electron chi connectivity index (χ4n) is 4.52. The number of ether oxygens (including phenoxy) is 1. The second kappa shape index (κ2) is 6.62. The number of Topliss-reactive ketones (excluding diaryl/α,β-unsaturated/α-hetero) is 1. The smallest absolute Gasteiger partial charge is 0.166 e. The van der Waals surface area contributed by atoms with E-state index in [1.54, 1.807) is 13.0 Å². The van der Waals surface area contributed by atoms with Gasteiger partial charge in [-0.05, 0) is 72.9 Å². The first-order valence-corrected chi connectivity index (χ1v) is 9.24. The summed E-state index contributed by atoms with van der Waals surface area (Å²) in [5.41, 5.74) is 1.77. The number of carbonyl (C=O) groups excluding carboxylic acids is 1. The Morgan fingerprint density at radius 2 is 1.92 bits per heavy atom. The summed E-state index contributed by atoms with van der Waals surface area (Å²) in [5.74, 6) is 2.66. The minimum atomic E-state index is -0.503. The third-order valence-electron chi connectivity index (χ3n) is 5.85. The largest absolute Gasteiger partial charge is 0.454 e. The zero-order valence-electron chi connectivity index (χ0n) is 14.5. The van der Waals surface area contributed by atoms with E-state index in [1.165, 1.54) is 43.4 Å². The van der Waals surface area contributed by atoms with Crippen LogP contribution in [-0.2, 0) is 0 Å². The lowest BCUT2D eigenvalue weighted by atomic mass is 9.83. The van der Waals surface area contributed by atoms with Crippen molar-refractivity contribution in [1.29, 1.82) is 0 Å². The standard InChI is InChI=1S/C22H23FO2/c1-2-21(24)17-7-10-22(20(23)13-17)25-18-8-5-15(6-9-18)19-12-14-3-4-16(19)11-14/h5-10,13-14,16,19H,2-4,11-12H2,1H3. The molecule has 3 atom stereocenters. The van der Waals surface area contributed by atoms with Gasteiger partial charge in [0.05, 0.1) is 0 Å². The van der Waals surface area contributed by atoms with Gasteiger partial charge in [-0.3, -0.25) is 4.79 Å². The monoisotopic (exact) mass is 338 g/mol. The number of ketones is 1. The molecule has 2 aliphatic carbocycles. The molecule has 0 heterocycles. The third kappa shape index (κ3) is 3.20. The Balaban J connectivity index is 1.47. The Morgan fingerprint density at radius 1 is 1.12 bits per heavy atom. The van der Waals surface area contributed by atoms with Crippen LogP contribution >= 0.6 is 0 Å². The number of rotatable bonds is 5. The molecule has 3 unspecified atom stereocenters. The van der Waals surface area contributed by atoms with Gasteiger partial charge in [-0.15, -0.1) is 0 Å². The van der Waals surface area contributed by atoms with Gasteiger partial charge in [0, 0.05) is 12.0 Å². The van der Waals surface area contributed by atoms with Crippen LogP contribution in [0.25, 0.3) is 0 Å². The van der Waals surface area contributed by atoms with Gasteiger partial charge < -0.3 is 4.74 Å². The summed E-state index contributed by atoms with van der Waals surface area (Å²) in [7, 11) is 0. The third-order valence-corrected chi connectivity index (χ3v) is 5.85. The summed E-state index contributed by atoms with van der Waals surface area (Å²) in [6.07, 6.45) is 5.83. The Bertz CT molecular complexity index is 781. The fourth-order valence-corrected chi connectivity index (χ4v) is 4.52. The van der Waals surface area contributed by atoms with Crippen molar-refractivity contribution < 1.29 is 13.9 Å². The van der Waals surface area contributed by atoms with Gasteiger partial charge in [0.2, 0.25) is 0 Å². The molecule has 3 heteroatoms. The van der Waals surface area contributed by atoms with Crippen LogP contribution in [0.2, 0.25) is 0 Å². The van der Waals surface area contributed by atoms with E-state index in [9.17, 15) is 9.18 Å². The number of carbonyl (C=O) groups is 1. The highest BCUT2D eigenvalue weighted by atomic mass is 19.1. The Morgan fingerprint density at radius 3 is 2.52 bits per heavy atom. The maximum atomic E-state index is 14.2. The van der Waals surface area contributed by atoms with E-state index in [0.717, 1.165) is 11.8 Å². The van der Waals surface area contributed by atoms with Crippen molar-refractivity contribution in [2.24, 2.45) is 11.8 Å². The molecule has 2 aromatic rings. The average Bonchev–Trinajstić information content (AvgIpc) is 3.27. The van der Waals surface area contributed by atoms with Gasteiger partial charge in [0.25, 0.3) is 0 Å². The first kappa shape index (κ1) is 16.3. The van der Waals surface area contributed by atoms with Crippen LogP contribution in [0.15, 0.2) is 42.5 Å². The molecular weight excluding hydrogens is 315 g/mol. The van der Waals surface area contributed by atoms with Crippen LogP contribution in [0.1, 0.15) is 60.9 Å². The number of halogens is 1. The predicted molar refractivity (Wildman–Crippen MR) is 95.7 cm³/mol. The van der Waals surface area contributed by atoms with Gasteiger partial charge in [0.15, 0.2) is 17.3 Å². The van der Waals surface area contributed by atoms with Crippen molar-refractivity contribution in [2.75, 3.05) is 0 Å². The van der Waals surface area contributed by atoms with Crippen LogP contribution in [0, 0.1) is 17.7 Å². The number of fused-ring (bicyclic) bond motifs is 2. The van der Waals surface area contributed by atoms with Crippen molar-refractivity contribution >= 4 is 5.78 Å². The Hall–Kier alpha value is -2.16. The van der Waals surface area contributed by atoms with Crippen LogP contribution in [0.3, 0.4) is 0 Å². The van der Waals surface area contributed by atoms with Gasteiger partial charge in [-0.25, -0.2) is 4.39 Å². The lowest BCUT2D eigenvalue weighted by Crippen LogP contribution is -2.08. The van der Waals surface area contributed by atoms with Gasteiger partial charge in [-0.1, -0.05) is 25.5 Å². The van der Waals surface area contributed by atoms with E-state index in [4.69, 9.17) is 4.74 Å².